The topological polar surface area (TPSA) is 97.0 Å². The van der Waals surface area contributed by atoms with Gasteiger partial charge in [-0.15, -0.1) is 0 Å². The van der Waals surface area contributed by atoms with Gasteiger partial charge in [-0.25, -0.2) is 4.79 Å². The summed E-state index contributed by atoms with van der Waals surface area (Å²) in [7, 11) is 1.58. The molecule has 1 aromatic rings. The normalized spacial score (nSPS) is 16.8. The third kappa shape index (κ3) is 6.16. The van der Waals surface area contributed by atoms with E-state index in [0.29, 0.717) is 12.3 Å². The van der Waals surface area contributed by atoms with Crippen molar-refractivity contribution >= 4 is 23.6 Å². The highest BCUT2D eigenvalue weighted by atomic mass is 16.6. The Kier molecular flexibility index (Phi) is 6.65. The van der Waals surface area contributed by atoms with E-state index in [2.05, 4.69) is 10.6 Å². The van der Waals surface area contributed by atoms with Crippen LogP contribution in [-0.4, -0.2) is 50.3 Å². The van der Waals surface area contributed by atoms with Gasteiger partial charge in [0.25, 0.3) is 0 Å². The summed E-state index contributed by atoms with van der Waals surface area (Å²) in [6.07, 6.45) is -0.365. The molecule has 0 spiro atoms. The first-order chi connectivity index (χ1) is 12.7. The molecule has 1 heterocycles. The van der Waals surface area contributed by atoms with Gasteiger partial charge in [0.2, 0.25) is 11.8 Å². The molecule has 2 N–H and O–H groups in total. The van der Waals surface area contributed by atoms with Crippen LogP contribution in [0.1, 0.15) is 27.2 Å². The molecule has 1 aromatic carbocycles. The predicted octanol–water partition coefficient (Wildman–Crippen LogP) is 1.69. The van der Waals surface area contributed by atoms with Crippen molar-refractivity contribution < 1.29 is 23.9 Å². The highest BCUT2D eigenvalue weighted by Gasteiger charge is 2.34. The Morgan fingerprint density at radius 3 is 2.37 bits per heavy atom. The third-order valence-corrected chi connectivity index (χ3v) is 3.97. The van der Waals surface area contributed by atoms with Gasteiger partial charge in [-0.3, -0.25) is 9.59 Å². The number of ether oxygens (including phenoxy) is 2. The van der Waals surface area contributed by atoms with Gasteiger partial charge in [-0.1, -0.05) is 0 Å². The summed E-state index contributed by atoms with van der Waals surface area (Å²) in [6.45, 7) is 6.19. The largest absolute Gasteiger partial charge is 0.497 e. The van der Waals surface area contributed by atoms with Crippen molar-refractivity contribution in [2.45, 2.75) is 32.8 Å². The minimum absolute atomic E-state index is 0.0906. The highest BCUT2D eigenvalue weighted by molar-refractivity contribution is 6.00. The Hall–Kier alpha value is -2.77. The Balaban J connectivity index is 1.77. The van der Waals surface area contributed by atoms with Crippen molar-refractivity contribution in [2.24, 2.45) is 5.92 Å². The molecule has 8 nitrogen and oxygen atoms in total. The quantitative estimate of drug-likeness (QED) is 0.736. The number of nitrogens with zero attached hydrogens (tertiary/aromatic N) is 1. The molecule has 1 aliphatic heterocycles. The number of carbonyl (C=O) groups excluding carboxylic acids is 3. The molecule has 1 fully saturated rings. The minimum atomic E-state index is -0.567. The minimum Gasteiger partial charge on any atom is -0.497 e. The lowest BCUT2D eigenvalue weighted by Crippen LogP contribution is -2.40. The number of anilines is 1. The molecule has 0 aliphatic carbocycles. The van der Waals surface area contributed by atoms with E-state index >= 15 is 0 Å². The van der Waals surface area contributed by atoms with Crippen LogP contribution in [0.2, 0.25) is 0 Å². The average Bonchev–Trinajstić information content (AvgIpc) is 2.99. The molecule has 8 heteroatoms. The number of hydrogen-bond donors (Lipinski definition) is 2. The molecule has 1 aliphatic rings. The summed E-state index contributed by atoms with van der Waals surface area (Å²) >= 11 is 0. The smallest absolute Gasteiger partial charge is 0.407 e. The number of amides is 3. The van der Waals surface area contributed by atoms with E-state index in [1.165, 1.54) is 0 Å². The molecular weight excluding hydrogens is 350 g/mol. The van der Waals surface area contributed by atoms with Crippen LogP contribution >= 0.6 is 0 Å². The number of rotatable bonds is 6. The fourth-order valence-electron chi connectivity index (χ4n) is 2.70. The zero-order valence-corrected chi connectivity index (χ0v) is 16.2. The first-order valence-electron chi connectivity index (χ1n) is 8.88. The second-order valence-electron chi connectivity index (χ2n) is 7.32. The lowest BCUT2D eigenvalue weighted by Gasteiger charge is -2.20. The van der Waals surface area contributed by atoms with E-state index in [9.17, 15) is 14.4 Å². The van der Waals surface area contributed by atoms with Crippen LogP contribution in [0.4, 0.5) is 10.5 Å². The second kappa shape index (κ2) is 8.75. The van der Waals surface area contributed by atoms with Gasteiger partial charge in [-0.2, -0.15) is 0 Å². The van der Waals surface area contributed by atoms with Gasteiger partial charge in [0.15, 0.2) is 0 Å². The fraction of sp³-hybridized carbons (Fsp3) is 0.526. The van der Waals surface area contributed by atoms with Crippen molar-refractivity contribution in [2.75, 3.05) is 31.6 Å². The lowest BCUT2D eigenvalue weighted by atomic mass is 10.1. The maximum atomic E-state index is 12.3. The predicted molar refractivity (Wildman–Crippen MR) is 101 cm³/mol. The third-order valence-electron chi connectivity index (χ3n) is 3.97. The van der Waals surface area contributed by atoms with Crippen molar-refractivity contribution in [3.05, 3.63) is 24.3 Å². The molecule has 0 unspecified atom stereocenters. The monoisotopic (exact) mass is 377 g/mol. The molecule has 148 valence electrons. The first kappa shape index (κ1) is 20.5. The van der Waals surface area contributed by atoms with E-state index in [4.69, 9.17) is 9.47 Å². The summed E-state index contributed by atoms with van der Waals surface area (Å²) in [4.78, 5) is 37.7. The number of hydrogen-bond acceptors (Lipinski definition) is 5. The lowest BCUT2D eigenvalue weighted by molar-refractivity contribution is -0.126. The maximum absolute atomic E-state index is 12.3. The van der Waals surface area contributed by atoms with Crippen LogP contribution in [0.25, 0.3) is 0 Å². The van der Waals surface area contributed by atoms with Crippen molar-refractivity contribution in [1.82, 2.24) is 10.6 Å². The van der Waals surface area contributed by atoms with Gasteiger partial charge in [0.05, 0.1) is 13.0 Å². The number of alkyl carbamates (subject to hydrolysis) is 1. The second-order valence-corrected chi connectivity index (χ2v) is 7.32. The Morgan fingerprint density at radius 1 is 1.15 bits per heavy atom. The summed E-state index contributed by atoms with van der Waals surface area (Å²) in [5.41, 5.74) is 0.172. The van der Waals surface area contributed by atoms with E-state index in [0.717, 1.165) is 5.69 Å². The summed E-state index contributed by atoms with van der Waals surface area (Å²) in [6, 6.07) is 7.14. The molecule has 3 amide bonds. The number of carbonyl (C=O) groups is 3. The van der Waals surface area contributed by atoms with Crippen molar-refractivity contribution in [1.29, 1.82) is 0 Å². The molecule has 1 saturated heterocycles. The zero-order valence-electron chi connectivity index (χ0n) is 16.2. The Bertz CT molecular complexity index is 682. The molecule has 2 rings (SSSR count). The van der Waals surface area contributed by atoms with Gasteiger partial charge in [0.1, 0.15) is 11.4 Å². The standard InChI is InChI=1S/C19H27N3O5/c1-19(2,3)27-18(25)21-10-9-20-17(24)13-11-16(23)22(12-13)14-5-7-15(26-4)8-6-14/h5-8,13H,9-12H2,1-4H3,(H,20,24)(H,21,25)/t13-/m1/s1. The summed E-state index contributed by atoms with van der Waals surface area (Å²) in [5.74, 6) is -0.00384. The van der Waals surface area contributed by atoms with Crippen LogP contribution in [0.5, 0.6) is 5.75 Å². The van der Waals surface area contributed by atoms with Crippen LogP contribution in [0.15, 0.2) is 24.3 Å². The van der Waals surface area contributed by atoms with Crippen LogP contribution < -0.4 is 20.3 Å². The Labute approximate surface area is 159 Å². The van der Waals surface area contributed by atoms with Crippen LogP contribution in [0.3, 0.4) is 0 Å². The maximum Gasteiger partial charge on any atom is 0.407 e. The molecule has 27 heavy (non-hydrogen) atoms. The highest BCUT2D eigenvalue weighted by Crippen LogP contribution is 2.26. The van der Waals surface area contributed by atoms with E-state index in [1.54, 1.807) is 57.0 Å². The van der Waals surface area contributed by atoms with E-state index in [-0.39, 0.29) is 31.3 Å². The number of benzene rings is 1. The van der Waals surface area contributed by atoms with E-state index in [1.807, 2.05) is 0 Å². The summed E-state index contributed by atoms with van der Waals surface area (Å²) < 4.78 is 10.2. The molecule has 0 aromatic heterocycles. The van der Waals surface area contributed by atoms with Gasteiger partial charge in [-0.05, 0) is 45.0 Å². The molecule has 1 atom stereocenters. The van der Waals surface area contributed by atoms with Crippen LogP contribution in [-0.2, 0) is 14.3 Å². The van der Waals surface area contributed by atoms with E-state index < -0.39 is 17.6 Å². The van der Waals surface area contributed by atoms with Gasteiger partial charge in [0, 0.05) is 31.7 Å². The van der Waals surface area contributed by atoms with Crippen molar-refractivity contribution in [3.63, 3.8) is 0 Å². The van der Waals surface area contributed by atoms with Crippen molar-refractivity contribution in [3.8, 4) is 5.75 Å². The van der Waals surface area contributed by atoms with Crippen LogP contribution in [0, 0.1) is 5.92 Å². The SMILES string of the molecule is COc1ccc(N2C[C@H](C(=O)NCCNC(=O)OC(C)(C)C)CC2=O)cc1. The number of methoxy groups -OCH3 is 1. The van der Waals surface area contributed by atoms with Gasteiger partial charge >= 0.3 is 6.09 Å². The number of nitrogens with one attached hydrogen (secondary N) is 2. The average molecular weight is 377 g/mol. The Morgan fingerprint density at radius 2 is 1.78 bits per heavy atom. The summed E-state index contributed by atoms with van der Waals surface area (Å²) in [5, 5.41) is 5.32. The molecular formula is C19H27N3O5. The molecule has 0 bridgehead atoms. The molecule has 0 saturated carbocycles. The first-order valence-corrected chi connectivity index (χ1v) is 8.88. The fourth-order valence-corrected chi connectivity index (χ4v) is 2.70. The van der Waals surface area contributed by atoms with Gasteiger partial charge < -0.3 is 25.0 Å². The zero-order chi connectivity index (χ0) is 20.0. The molecule has 0 radical (unpaired) electrons.